The molecule has 1 aliphatic rings. The first-order valence-electron chi connectivity index (χ1n) is 9.90. The number of carbonyl (C=O) groups excluding carboxylic acids is 1. The minimum absolute atomic E-state index is 0.150. The quantitative estimate of drug-likeness (QED) is 0.610. The average Bonchev–Trinajstić information content (AvgIpc) is 2.89. The number of fused-ring (bicyclic) bond motifs is 1. The highest BCUT2D eigenvalue weighted by atomic mass is 32.2. The van der Waals surface area contributed by atoms with Crippen LogP contribution in [0.4, 0.5) is 4.39 Å². The van der Waals surface area contributed by atoms with Crippen LogP contribution in [0.2, 0.25) is 0 Å². The molecule has 1 saturated heterocycles. The van der Waals surface area contributed by atoms with Crippen molar-refractivity contribution >= 4 is 27.2 Å². The van der Waals surface area contributed by atoms with Gasteiger partial charge in [-0.25, -0.2) is 12.8 Å². The molecule has 0 aliphatic carbocycles. The predicted octanol–water partition coefficient (Wildman–Crippen LogP) is 4.36. The third kappa shape index (κ3) is 3.61. The lowest BCUT2D eigenvalue weighted by atomic mass is 10.1. The number of nitrogens with zero attached hydrogens (tertiary/aromatic N) is 1. The number of sulfonamides is 1. The molecule has 0 spiro atoms. The molecule has 2 aromatic carbocycles. The number of hydrogen-bond donors (Lipinski definition) is 1. The van der Waals surface area contributed by atoms with Gasteiger partial charge in [-0.3, -0.25) is 4.79 Å². The van der Waals surface area contributed by atoms with E-state index >= 15 is 0 Å². The Morgan fingerprint density at radius 1 is 1.07 bits per heavy atom. The van der Waals surface area contributed by atoms with E-state index in [9.17, 15) is 17.6 Å². The van der Waals surface area contributed by atoms with E-state index in [1.807, 2.05) is 0 Å². The lowest BCUT2D eigenvalue weighted by Gasteiger charge is -2.20. The summed E-state index contributed by atoms with van der Waals surface area (Å²) in [7, 11) is -2.19. The Morgan fingerprint density at radius 2 is 1.80 bits per heavy atom. The number of carbonyl (C=O) groups is 1. The summed E-state index contributed by atoms with van der Waals surface area (Å²) in [6.07, 6.45) is 4.39. The van der Waals surface area contributed by atoms with Crippen molar-refractivity contribution < 1.29 is 22.3 Å². The maximum atomic E-state index is 13.9. The molecule has 1 fully saturated rings. The highest BCUT2D eigenvalue weighted by Gasteiger charge is 2.26. The van der Waals surface area contributed by atoms with Crippen molar-refractivity contribution in [1.29, 1.82) is 0 Å². The van der Waals surface area contributed by atoms with Gasteiger partial charge in [-0.15, -0.1) is 0 Å². The standard InChI is InChI=1S/C22H23FN2O4S/c1-29-21-9-6-15(23)12-18(21)22-19(14-26)17-13-16(7-8-20(17)24-22)30(27,28)25-10-4-2-3-5-11-25/h6-9,12-14,24H,2-5,10-11H2,1H3. The zero-order valence-corrected chi connectivity index (χ0v) is 17.5. The third-order valence-corrected chi connectivity index (χ3v) is 7.46. The lowest BCUT2D eigenvalue weighted by molar-refractivity contribution is 0.112. The van der Waals surface area contributed by atoms with Crippen molar-refractivity contribution in [2.75, 3.05) is 20.2 Å². The van der Waals surface area contributed by atoms with Gasteiger partial charge < -0.3 is 9.72 Å². The van der Waals surface area contributed by atoms with E-state index < -0.39 is 15.8 Å². The average molecular weight is 431 g/mol. The smallest absolute Gasteiger partial charge is 0.243 e. The second-order valence-electron chi connectivity index (χ2n) is 7.40. The summed E-state index contributed by atoms with van der Waals surface area (Å²) in [4.78, 5) is 15.2. The summed E-state index contributed by atoms with van der Waals surface area (Å²) in [6, 6.07) is 8.75. The summed E-state index contributed by atoms with van der Waals surface area (Å²) < 4.78 is 47.0. The molecule has 0 unspecified atom stereocenters. The van der Waals surface area contributed by atoms with E-state index in [1.54, 1.807) is 12.1 Å². The van der Waals surface area contributed by atoms with E-state index in [2.05, 4.69) is 4.98 Å². The number of aldehydes is 1. The van der Waals surface area contributed by atoms with Crippen LogP contribution < -0.4 is 4.74 Å². The van der Waals surface area contributed by atoms with Crippen LogP contribution in [0.25, 0.3) is 22.2 Å². The Morgan fingerprint density at radius 3 is 2.47 bits per heavy atom. The van der Waals surface area contributed by atoms with Gasteiger partial charge in [0.15, 0.2) is 6.29 Å². The fourth-order valence-corrected chi connectivity index (χ4v) is 5.54. The molecule has 0 bridgehead atoms. The molecule has 158 valence electrons. The van der Waals surface area contributed by atoms with Gasteiger partial charge in [-0.2, -0.15) is 4.31 Å². The molecule has 2 heterocycles. The number of benzene rings is 2. The van der Waals surface area contributed by atoms with E-state index in [-0.39, 0.29) is 10.5 Å². The number of rotatable bonds is 5. The zero-order chi connectivity index (χ0) is 21.3. The maximum Gasteiger partial charge on any atom is 0.243 e. The molecule has 1 N–H and O–H groups in total. The molecule has 0 radical (unpaired) electrons. The van der Waals surface area contributed by atoms with Crippen LogP contribution in [-0.2, 0) is 10.0 Å². The van der Waals surface area contributed by atoms with Gasteiger partial charge in [-0.05, 0) is 49.2 Å². The number of H-pyrrole nitrogens is 1. The molecule has 6 nitrogen and oxygen atoms in total. The van der Waals surface area contributed by atoms with Crippen LogP contribution in [0, 0.1) is 5.82 Å². The van der Waals surface area contributed by atoms with Crippen molar-refractivity contribution in [1.82, 2.24) is 9.29 Å². The molecule has 1 aliphatic heterocycles. The van der Waals surface area contributed by atoms with Gasteiger partial charge >= 0.3 is 0 Å². The van der Waals surface area contributed by atoms with Crippen molar-refractivity contribution in [3.05, 3.63) is 47.8 Å². The van der Waals surface area contributed by atoms with Crippen molar-refractivity contribution in [2.45, 2.75) is 30.6 Å². The van der Waals surface area contributed by atoms with Gasteiger partial charge in [0, 0.05) is 35.1 Å². The number of methoxy groups -OCH3 is 1. The molecule has 0 amide bonds. The highest BCUT2D eigenvalue weighted by molar-refractivity contribution is 7.89. The van der Waals surface area contributed by atoms with Crippen LogP contribution in [0.15, 0.2) is 41.3 Å². The molecule has 30 heavy (non-hydrogen) atoms. The van der Waals surface area contributed by atoms with Gasteiger partial charge in [0.2, 0.25) is 10.0 Å². The largest absolute Gasteiger partial charge is 0.496 e. The summed E-state index contributed by atoms with van der Waals surface area (Å²) in [6.45, 7) is 1.000. The van der Waals surface area contributed by atoms with Crippen LogP contribution in [0.1, 0.15) is 36.0 Å². The Kier molecular flexibility index (Phi) is 5.62. The van der Waals surface area contributed by atoms with Gasteiger partial charge in [0.25, 0.3) is 0 Å². The Hall–Kier alpha value is -2.71. The van der Waals surface area contributed by atoms with E-state index in [4.69, 9.17) is 4.74 Å². The van der Waals surface area contributed by atoms with Crippen molar-refractivity contribution in [3.63, 3.8) is 0 Å². The Bertz CT molecular complexity index is 1200. The fraction of sp³-hybridized carbons (Fsp3) is 0.318. The van der Waals surface area contributed by atoms with Gasteiger partial charge in [-0.1, -0.05) is 12.8 Å². The van der Waals surface area contributed by atoms with E-state index in [0.29, 0.717) is 47.3 Å². The minimum atomic E-state index is -3.66. The van der Waals surface area contributed by atoms with Crippen LogP contribution >= 0.6 is 0 Å². The molecule has 1 aromatic heterocycles. The summed E-state index contributed by atoms with van der Waals surface area (Å²) in [5.74, 6) is -0.0609. The number of halogens is 1. The molecule has 0 saturated carbocycles. The molecule has 3 aromatic rings. The number of aromatic amines is 1. The van der Waals surface area contributed by atoms with Crippen LogP contribution in [0.3, 0.4) is 0 Å². The first kappa shape index (κ1) is 20.6. The summed E-state index contributed by atoms with van der Waals surface area (Å²) in [5.41, 5.74) is 1.64. The van der Waals surface area contributed by atoms with Crippen LogP contribution in [0.5, 0.6) is 5.75 Å². The lowest BCUT2D eigenvalue weighted by Crippen LogP contribution is -2.31. The second kappa shape index (κ2) is 8.20. The predicted molar refractivity (Wildman–Crippen MR) is 113 cm³/mol. The van der Waals surface area contributed by atoms with Crippen molar-refractivity contribution in [2.24, 2.45) is 0 Å². The van der Waals surface area contributed by atoms with E-state index in [0.717, 1.165) is 25.7 Å². The Balaban J connectivity index is 1.85. The minimum Gasteiger partial charge on any atom is -0.496 e. The second-order valence-corrected chi connectivity index (χ2v) is 9.34. The molecule has 4 rings (SSSR count). The van der Waals surface area contributed by atoms with E-state index in [1.165, 1.54) is 35.7 Å². The first-order chi connectivity index (χ1) is 14.5. The number of hydrogen-bond acceptors (Lipinski definition) is 4. The normalized spacial score (nSPS) is 15.8. The monoisotopic (exact) mass is 430 g/mol. The SMILES string of the molecule is COc1ccc(F)cc1-c1[nH]c2ccc(S(=O)(=O)N3CCCCCC3)cc2c1C=O. The molecule has 8 heteroatoms. The number of aromatic nitrogens is 1. The topological polar surface area (TPSA) is 79.5 Å². The number of ether oxygens (including phenoxy) is 1. The summed E-state index contributed by atoms with van der Waals surface area (Å²) >= 11 is 0. The van der Waals surface area contributed by atoms with Gasteiger partial charge in [0.1, 0.15) is 11.6 Å². The summed E-state index contributed by atoms with van der Waals surface area (Å²) in [5, 5.41) is 0.474. The first-order valence-corrected chi connectivity index (χ1v) is 11.3. The molecule has 0 atom stereocenters. The zero-order valence-electron chi connectivity index (χ0n) is 16.7. The highest BCUT2D eigenvalue weighted by Crippen LogP contribution is 2.36. The third-order valence-electron chi connectivity index (χ3n) is 5.56. The Labute approximate surface area is 174 Å². The van der Waals surface area contributed by atoms with Gasteiger partial charge in [0.05, 0.1) is 17.7 Å². The molecular formula is C22H23FN2O4S. The van der Waals surface area contributed by atoms with Crippen molar-refractivity contribution in [3.8, 4) is 17.0 Å². The number of nitrogens with one attached hydrogen (secondary N) is 1. The fourth-order valence-electron chi connectivity index (χ4n) is 3.99. The maximum absolute atomic E-state index is 13.9. The van der Waals surface area contributed by atoms with Crippen LogP contribution in [-0.4, -0.2) is 44.2 Å². The molecular weight excluding hydrogens is 407 g/mol.